The first-order chi connectivity index (χ1) is 33.2. The number of carboxylic acid groups (broad SMARTS) is 1. The van der Waals surface area contributed by atoms with Crippen molar-refractivity contribution in [3.05, 3.63) is 142 Å². The van der Waals surface area contributed by atoms with Gasteiger partial charge in [0.05, 0.1) is 18.3 Å². The number of benzene rings is 2. The summed E-state index contributed by atoms with van der Waals surface area (Å²) in [5.74, 6) is -2.92. The summed E-state index contributed by atoms with van der Waals surface area (Å²) in [6, 6.07) is 15.9. The number of carbonyl (C=O) groups is 6. The van der Waals surface area contributed by atoms with E-state index in [1.807, 2.05) is 25.1 Å². The maximum atomic E-state index is 13.8. The highest BCUT2D eigenvalue weighted by molar-refractivity contribution is 7.99. The van der Waals surface area contributed by atoms with E-state index in [4.69, 9.17) is 4.74 Å². The highest BCUT2D eigenvalue weighted by atomic mass is 32.2. The zero-order valence-corrected chi connectivity index (χ0v) is 42.2. The van der Waals surface area contributed by atoms with Gasteiger partial charge in [-0.3, -0.25) is 39.6 Å². The molecule has 2 aliphatic rings. The van der Waals surface area contributed by atoms with Crippen molar-refractivity contribution in [1.29, 1.82) is 0 Å². The highest BCUT2D eigenvalue weighted by Crippen LogP contribution is 2.24. The molecule has 0 radical (unpaired) electrons. The van der Waals surface area contributed by atoms with Crippen LogP contribution in [0.3, 0.4) is 0 Å². The van der Waals surface area contributed by atoms with E-state index < -0.39 is 53.6 Å². The Bertz CT molecular complexity index is 2240. The molecule has 16 heteroatoms. The molecule has 2 aromatic carbocycles. The van der Waals surface area contributed by atoms with Crippen LogP contribution in [0, 0.1) is 0 Å². The molecule has 2 heterocycles. The lowest BCUT2D eigenvalue weighted by atomic mass is 9.94. The topological polar surface area (TPSA) is 204 Å². The summed E-state index contributed by atoms with van der Waals surface area (Å²) in [5.41, 5.74) is 18.2. The van der Waals surface area contributed by atoms with Crippen molar-refractivity contribution in [2.75, 3.05) is 23.0 Å². The van der Waals surface area contributed by atoms with E-state index in [0.29, 0.717) is 59.2 Å². The molecule has 4 rings (SSSR count). The number of allylic oxidation sites excluding steroid dienone is 10. The molecule has 0 aliphatic carbocycles. The number of aliphatic carboxylic acids is 1. The van der Waals surface area contributed by atoms with E-state index >= 15 is 0 Å². The van der Waals surface area contributed by atoms with Crippen LogP contribution in [0.5, 0.6) is 0 Å². The van der Waals surface area contributed by atoms with Crippen LogP contribution in [0.4, 0.5) is 0 Å². The second kappa shape index (κ2) is 30.5. The molecule has 14 nitrogen and oxygen atoms in total. The Kier molecular flexibility index (Phi) is 24.6. The number of thioether (sulfide) groups is 2. The fraction of sp³-hybridized carbons (Fsp3) is 0.434. The molecule has 4 atom stereocenters. The van der Waals surface area contributed by atoms with Crippen LogP contribution < -0.4 is 32.3 Å². The van der Waals surface area contributed by atoms with Gasteiger partial charge in [0.1, 0.15) is 17.8 Å². The van der Waals surface area contributed by atoms with Crippen LogP contribution in [0.1, 0.15) is 122 Å². The first-order valence-electron chi connectivity index (χ1n) is 23.6. The number of carboxylic acids is 1. The van der Waals surface area contributed by atoms with Crippen LogP contribution >= 0.6 is 23.5 Å². The van der Waals surface area contributed by atoms with Crippen molar-refractivity contribution in [2.24, 2.45) is 0 Å². The number of nitrogens with one attached hydrogen (secondary N) is 6. The first-order valence-corrected chi connectivity index (χ1v) is 25.9. The second-order valence-corrected chi connectivity index (χ2v) is 19.6. The van der Waals surface area contributed by atoms with E-state index in [1.165, 1.54) is 22.9 Å². The Morgan fingerprint density at radius 1 is 0.652 bits per heavy atom. The standard InChI is InChI=1S/C53H70N6O8S2/c1-36(2)16-12-17-37(3)19-14-26-43-29-31-69-35-47(52(64)59-57-43)55-50(62)44(40-22-8-6-9-23-40)33-49(61)67-39(5)21-13-18-38(4)20-15-27-42-28-30-68-34-46(51(63)58-56-42)54-48(60)32-45(53(65)66)41-24-10-7-11-25-41/h6-11,16,19-25,28-29,44-47,56-57H,12-15,17-18,26-27,30-35H2,1-5H3,(H,54,60)(H,55,62)(H,58,63)(H,59,64)(H,65,66)/b37-19+,38-20+,39-21+,42-28-,43-29-. The van der Waals surface area contributed by atoms with E-state index in [-0.39, 0.29) is 18.7 Å². The van der Waals surface area contributed by atoms with Gasteiger partial charge >= 0.3 is 11.9 Å². The molecule has 4 amide bonds. The lowest BCUT2D eigenvalue weighted by Crippen LogP contribution is -2.52. The summed E-state index contributed by atoms with van der Waals surface area (Å²) in [7, 11) is 0. The SMILES string of the molecule is CC(C)=CCC/C(C)=C/CC/C1=C/CSCC(NC(=O)C(CC(=O)O/C(C)=C/CC/C(C)=C/CC/C2=C/CSCC(NC(=O)CC(C(=O)O)c3ccccc3)C(=O)NN2)c2ccccc2)C(=O)NN1. The molecule has 69 heavy (non-hydrogen) atoms. The van der Waals surface area contributed by atoms with Crippen LogP contribution in [-0.2, 0) is 33.5 Å². The summed E-state index contributed by atoms with van der Waals surface area (Å²) in [6.45, 7) is 10.1. The number of hydrazine groups is 2. The Hall–Kier alpha value is -6.00. The minimum atomic E-state index is -1.11. The molecule has 0 fully saturated rings. The molecule has 4 unspecified atom stereocenters. The first kappa shape index (κ1) is 55.6. The van der Waals surface area contributed by atoms with Crippen molar-refractivity contribution in [3.8, 4) is 0 Å². The largest absolute Gasteiger partial charge is 0.481 e. The molecule has 0 bridgehead atoms. The Balaban J connectivity index is 1.20. The highest BCUT2D eigenvalue weighted by Gasteiger charge is 2.30. The minimum Gasteiger partial charge on any atom is -0.481 e. The number of hydrogen-bond donors (Lipinski definition) is 7. The maximum Gasteiger partial charge on any atom is 0.311 e. The van der Waals surface area contributed by atoms with Gasteiger partial charge < -0.3 is 31.3 Å². The van der Waals surface area contributed by atoms with Gasteiger partial charge in [0.15, 0.2) is 0 Å². The Morgan fingerprint density at radius 3 is 1.65 bits per heavy atom. The third kappa shape index (κ3) is 21.5. The second-order valence-electron chi connectivity index (χ2n) is 17.4. The summed E-state index contributed by atoms with van der Waals surface area (Å²) >= 11 is 3.04. The molecule has 2 aliphatic heterocycles. The smallest absolute Gasteiger partial charge is 0.311 e. The Labute approximate surface area is 416 Å². The maximum absolute atomic E-state index is 13.8. The number of esters is 1. The molecule has 0 saturated heterocycles. The third-order valence-electron chi connectivity index (χ3n) is 11.4. The summed E-state index contributed by atoms with van der Waals surface area (Å²) in [5, 5.41) is 15.3. The zero-order chi connectivity index (χ0) is 50.0. The summed E-state index contributed by atoms with van der Waals surface area (Å²) in [4.78, 5) is 78.2. The van der Waals surface area contributed by atoms with Gasteiger partial charge in [-0.25, -0.2) is 0 Å². The van der Waals surface area contributed by atoms with E-state index in [2.05, 4.69) is 77.4 Å². The molecular formula is C53H70N6O8S2. The normalized spacial score (nSPS) is 19.6. The third-order valence-corrected chi connectivity index (χ3v) is 13.3. The molecule has 0 saturated carbocycles. The molecular weight excluding hydrogens is 913 g/mol. The predicted octanol–water partition coefficient (Wildman–Crippen LogP) is 8.32. The van der Waals surface area contributed by atoms with Crippen LogP contribution in [0.2, 0.25) is 0 Å². The van der Waals surface area contributed by atoms with Crippen molar-refractivity contribution in [2.45, 2.75) is 123 Å². The quantitative estimate of drug-likeness (QED) is 0.0319. The van der Waals surface area contributed by atoms with Gasteiger partial charge in [0.2, 0.25) is 11.8 Å². The number of amides is 4. The minimum absolute atomic E-state index is 0.216. The molecule has 2 aromatic rings. The van der Waals surface area contributed by atoms with Crippen molar-refractivity contribution in [1.82, 2.24) is 32.3 Å². The van der Waals surface area contributed by atoms with Gasteiger partial charge in [-0.15, -0.1) is 0 Å². The van der Waals surface area contributed by atoms with Gasteiger partial charge in [0, 0.05) is 40.8 Å². The number of rotatable bonds is 23. The van der Waals surface area contributed by atoms with Crippen molar-refractivity contribution in [3.63, 3.8) is 0 Å². The average Bonchev–Trinajstić information content (AvgIpc) is 3.45. The van der Waals surface area contributed by atoms with Gasteiger partial charge in [0.25, 0.3) is 11.8 Å². The fourth-order valence-electron chi connectivity index (χ4n) is 7.41. The Morgan fingerprint density at radius 2 is 1.14 bits per heavy atom. The zero-order valence-electron chi connectivity index (χ0n) is 40.6. The molecule has 0 aromatic heterocycles. The summed E-state index contributed by atoms with van der Waals surface area (Å²) in [6.07, 6.45) is 18.3. The predicted molar refractivity (Wildman–Crippen MR) is 276 cm³/mol. The monoisotopic (exact) mass is 982 g/mol. The molecule has 7 N–H and O–H groups in total. The lowest BCUT2D eigenvalue weighted by Gasteiger charge is -2.22. The van der Waals surface area contributed by atoms with Crippen molar-refractivity contribution < 1.29 is 38.6 Å². The van der Waals surface area contributed by atoms with E-state index in [0.717, 1.165) is 49.1 Å². The molecule has 0 spiro atoms. The van der Waals surface area contributed by atoms with E-state index in [1.54, 1.807) is 73.3 Å². The number of ether oxygens (including phenoxy) is 1. The van der Waals surface area contributed by atoms with Crippen molar-refractivity contribution >= 4 is 59.1 Å². The lowest BCUT2D eigenvalue weighted by molar-refractivity contribution is -0.142. The number of hydrogen-bond acceptors (Lipinski definition) is 11. The number of carbonyl (C=O) groups excluding carboxylic acids is 5. The molecule has 372 valence electrons. The van der Waals surface area contributed by atoms with Crippen LogP contribution in [0.15, 0.2) is 131 Å². The van der Waals surface area contributed by atoms with Crippen LogP contribution in [-0.4, -0.2) is 75.8 Å². The van der Waals surface area contributed by atoms with Gasteiger partial charge in [-0.2, -0.15) is 23.5 Å². The van der Waals surface area contributed by atoms with Crippen LogP contribution in [0.25, 0.3) is 0 Å². The van der Waals surface area contributed by atoms with Gasteiger partial charge in [-0.1, -0.05) is 108 Å². The van der Waals surface area contributed by atoms with E-state index in [9.17, 15) is 33.9 Å². The fourth-order valence-corrected chi connectivity index (χ4v) is 9.26. The summed E-state index contributed by atoms with van der Waals surface area (Å²) < 4.78 is 5.68. The average molecular weight is 983 g/mol. The van der Waals surface area contributed by atoms with Gasteiger partial charge in [-0.05, 0) is 103 Å².